The second kappa shape index (κ2) is 6.02. The van der Waals surface area contributed by atoms with E-state index in [1.165, 1.54) is 0 Å². The van der Waals surface area contributed by atoms with E-state index in [1.54, 1.807) is 10.9 Å². The summed E-state index contributed by atoms with van der Waals surface area (Å²) in [4.78, 5) is 2.35. The number of likely N-dealkylation sites (N-methyl/N-ethyl adjacent to an activating group) is 1. The molecule has 0 saturated heterocycles. The van der Waals surface area contributed by atoms with Gasteiger partial charge >= 0.3 is 0 Å². The van der Waals surface area contributed by atoms with Crippen LogP contribution in [0.5, 0.6) is 0 Å². The zero-order chi connectivity index (χ0) is 13.9. The van der Waals surface area contributed by atoms with Crippen LogP contribution in [0.2, 0.25) is 5.02 Å². The number of hydrogen-bond donors (Lipinski definition) is 2. The molecule has 0 aliphatic heterocycles. The topological polar surface area (TPSA) is 59.1 Å². The minimum atomic E-state index is -0.157. The third-order valence-electron chi connectivity index (χ3n) is 3.66. The van der Waals surface area contributed by atoms with E-state index in [9.17, 15) is 0 Å². The molecule has 0 fully saturated rings. The Labute approximate surface area is 114 Å². The molecule has 104 valence electrons. The van der Waals surface area contributed by atoms with Crippen molar-refractivity contribution in [2.75, 3.05) is 13.1 Å². The van der Waals surface area contributed by atoms with E-state index in [1.807, 2.05) is 7.05 Å². The number of hydrazine groups is 1. The lowest BCUT2D eigenvalue weighted by Crippen LogP contribution is -2.54. The van der Waals surface area contributed by atoms with Gasteiger partial charge in [0.25, 0.3) is 0 Å². The molecule has 0 aliphatic rings. The Morgan fingerprint density at radius 3 is 2.39 bits per heavy atom. The molecule has 0 spiro atoms. The molecule has 0 radical (unpaired) electrons. The van der Waals surface area contributed by atoms with Crippen molar-refractivity contribution in [1.82, 2.24) is 20.1 Å². The molecule has 18 heavy (non-hydrogen) atoms. The third-order valence-corrected chi connectivity index (χ3v) is 3.95. The van der Waals surface area contributed by atoms with Crippen LogP contribution in [0.1, 0.15) is 39.4 Å². The highest BCUT2D eigenvalue weighted by Crippen LogP contribution is 2.33. The zero-order valence-electron chi connectivity index (χ0n) is 11.9. The number of nitrogens with zero attached hydrogens (tertiary/aromatic N) is 3. The first kappa shape index (κ1) is 15.4. The first-order valence-corrected chi connectivity index (χ1v) is 6.66. The third kappa shape index (κ3) is 2.69. The molecule has 0 aliphatic carbocycles. The first-order chi connectivity index (χ1) is 8.39. The molecule has 0 saturated carbocycles. The number of aryl methyl sites for hydroxylation is 1. The maximum atomic E-state index is 6.22. The second-order valence-corrected chi connectivity index (χ2v) is 5.33. The van der Waals surface area contributed by atoms with E-state index < -0.39 is 0 Å². The van der Waals surface area contributed by atoms with E-state index >= 15 is 0 Å². The Morgan fingerprint density at radius 2 is 2.06 bits per heavy atom. The monoisotopic (exact) mass is 273 g/mol. The first-order valence-electron chi connectivity index (χ1n) is 6.28. The molecular weight excluding hydrogens is 250 g/mol. The number of hydrogen-bond acceptors (Lipinski definition) is 4. The van der Waals surface area contributed by atoms with Gasteiger partial charge in [-0.25, -0.2) is 5.43 Å². The molecule has 1 rings (SSSR count). The van der Waals surface area contributed by atoms with E-state index in [0.717, 1.165) is 18.8 Å². The van der Waals surface area contributed by atoms with Crippen LogP contribution in [-0.2, 0) is 7.05 Å². The Kier molecular flexibility index (Phi) is 5.16. The number of nitrogens with two attached hydrogens (primary N) is 1. The lowest BCUT2D eigenvalue weighted by atomic mass is 9.90. The molecule has 1 unspecified atom stereocenters. The van der Waals surface area contributed by atoms with Crippen molar-refractivity contribution in [1.29, 1.82) is 0 Å². The fourth-order valence-electron chi connectivity index (χ4n) is 2.58. The number of aromatic nitrogens is 2. The van der Waals surface area contributed by atoms with E-state index in [4.69, 9.17) is 17.4 Å². The summed E-state index contributed by atoms with van der Waals surface area (Å²) in [5.41, 5.74) is 3.64. The maximum Gasteiger partial charge on any atom is 0.0835 e. The van der Waals surface area contributed by atoms with E-state index in [-0.39, 0.29) is 11.6 Å². The van der Waals surface area contributed by atoms with Gasteiger partial charge in [0.1, 0.15) is 0 Å². The van der Waals surface area contributed by atoms with Crippen molar-refractivity contribution in [3.8, 4) is 0 Å². The van der Waals surface area contributed by atoms with Gasteiger partial charge in [-0.1, -0.05) is 25.4 Å². The van der Waals surface area contributed by atoms with Crippen molar-refractivity contribution in [2.45, 2.75) is 39.3 Å². The molecule has 3 N–H and O–H groups in total. The number of rotatable bonds is 6. The SMILES string of the molecule is CCN(CC)C(C)(C)C(NN)c1c(Cl)cnn1C. The Morgan fingerprint density at radius 1 is 1.50 bits per heavy atom. The molecule has 1 heterocycles. The summed E-state index contributed by atoms with van der Waals surface area (Å²) in [6, 6.07) is -0.0857. The van der Waals surface area contributed by atoms with Gasteiger partial charge in [0.2, 0.25) is 0 Å². The van der Waals surface area contributed by atoms with Crippen LogP contribution in [-0.4, -0.2) is 33.3 Å². The van der Waals surface area contributed by atoms with Crippen molar-refractivity contribution >= 4 is 11.6 Å². The Bertz CT molecular complexity index is 364. The maximum absolute atomic E-state index is 6.22. The molecule has 0 aromatic carbocycles. The molecule has 5 nitrogen and oxygen atoms in total. The summed E-state index contributed by atoms with van der Waals surface area (Å²) < 4.78 is 1.78. The highest BCUT2D eigenvalue weighted by atomic mass is 35.5. The fraction of sp³-hybridized carbons (Fsp3) is 0.750. The number of halogens is 1. The summed E-state index contributed by atoms with van der Waals surface area (Å²) in [5, 5.41) is 4.82. The molecule has 1 aromatic rings. The van der Waals surface area contributed by atoms with E-state index in [2.05, 4.69) is 43.1 Å². The minimum Gasteiger partial charge on any atom is -0.297 e. The molecular formula is C12H24ClN5. The van der Waals surface area contributed by atoms with Crippen molar-refractivity contribution in [2.24, 2.45) is 12.9 Å². The average Bonchev–Trinajstić information content (AvgIpc) is 2.63. The summed E-state index contributed by atoms with van der Waals surface area (Å²) >= 11 is 6.22. The van der Waals surface area contributed by atoms with Gasteiger partial charge in [-0.05, 0) is 26.9 Å². The van der Waals surface area contributed by atoms with Gasteiger partial charge in [-0.3, -0.25) is 15.4 Å². The van der Waals surface area contributed by atoms with Crippen LogP contribution < -0.4 is 11.3 Å². The lowest BCUT2D eigenvalue weighted by molar-refractivity contribution is 0.0880. The summed E-state index contributed by atoms with van der Waals surface area (Å²) in [6.07, 6.45) is 1.65. The molecule has 6 heteroatoms. The summed E-state index contributed by atoms with van der Waals surface area (Å²) in [6.45, 7) is 10.5. The van der Waals surface area contributed by atoms with Crippen LogP contribution >= 0.6 is 11.6 Å². The van der Waals surface area contributed by atoms with Gasteiger partial charge < -0.3 is 0 Å². The molecule has 1 aromatic heterocycles. The molecule has 0 amide bonds. The van der Waals surface area contributed by atoms with Gasteiger partial charge in [-0.15, -0.1) is 0 Å². The van der Waals surface area contributed by atoms with Crippen molar-refractivity contribution < 1.29 is 0 Å². The van der Waals surface area contributed by atoms with E-state index in [0.29, 0.717) is 5.02 Å². The predicted molar refractivity (Wildman–Crippen MR) is 75.3 cm³/mol. The quantitative estimate of drug-likeness (QED) is 0.612. The average molecular weight is 274 g/mol. The van der Waals surface area contributed by atoms with Gasteiger partial charge in [-0.2, -0.15) is 5.10 Å². The van der Waals surface area contributed by atoms with Crippen LogP contribution in [0, 0.1) is 0 Å². The Balaban J connectivity index is 3.17. The van der Waals surface area contributed by atoms with Crippen LogP contribution in [0.15, 0.2) is 6.20 Å². The zero-order valence-corrected chi connectivity index (χ0v) is 12.6. The standard InChI is InChI=1S/C12H24ClN5/c1-6-18(7-2)12(3,4)11(16-14)10-9(13)8-15-17(10)5/h8,11,16H,6-7,14H2,1-5H3. The van der Waals surface area contributed by atoms with Crippen molar-refractivity contribution in [3.05, 3.63) is 16.9 Å². The summed E-state index contributed by atoms with van der Waals surface area (Å²) in [5.74, 6) is 5.76. The Hall–Kier alpha value is -0.620. The van der Waals surface area contributed by atoms with Gasteiger partial charge in [0, 0.05) is 12.6 Å². The van der Waals surface area contributed by atoms with Crippen molar-refractivity contribution in [3.63, 3.8) is 0 Å². The largest absolute Gasteiger partial charge is 0.297 e. The van der Waals surface area contributed by atoms with Gasteiger partial charge in [0.05, 0.1) is 23.0 Å². The predicted octanol–water partition coefficient (Wildman–Crippen LogP) is 1.70. The number of nitrogens with one attached hydrogen (secondary N) is 1. The minimum absolute atomic E-state index is 0.0857. The normalized spacial score (nSPS) is 14.2. The van der Waals surface area contributed by atoms with Crippen LogP contribution in [0.3, 0.4) is 0 Å². The summed E-state index contributed by atoms with van der Waals surface area (Å²) in [7, 11) is 1.88. The lowest BCUT2D eigenvalue weighted by Gasteiger charge is -2.43. The van der Waals surface area contributed by atoms with Gasteiger partial charge in [0.15, 0.2) is 0 Å². The smallest absolute Gasteiger partial charge is 0.0835 e. The second-order valence-electron chi connectivity index (χ2n) is 4.93. The molecule has 1 atom stereocenters. The van der Waals surface area contributed by atoms with Crippen LogP contribution in [0.4, 0.5) is 0 Å². The fourth-order valence-corrected chi connectivity index (χ4v) is 2.86. The highest BCUT2D eigenvalue weighted by molar-refractivity contribution is 6.31. The molecule has 0 bridgehead atoms. The van der Waals surface area contributed by atoms with Crippen LogP contribution in [0.25, 0.3) is 0 Å². The highest BCUT2D eigenvalue weighted by Gasteiger charge is 2.37.